The maximum Gasteiger partial charge on any atom is 0.254 e. The maximum absolute atomic E-state index is 12.5. The monoisotopic (exact) mass is 311 g/mol. The van der Waals surface area contributed by atoms with E-state index in [1.807, 2.05) is 56.6 Å². The molecule has 4 nitrogen and oxygen atoms in total. The maximum atomic E-state index is 12.5. The Labute approximate surface area is 133 Å². The standard InChI is InChI=1S/C17H17N3OS/c1-11-12(2)19-16-9-13(6-7-15(16)18-11)17(21)20(3)10-14-5-4-8-22-14/h4-9H,10H2,1-3H3. The van der Waals surface area contributed by atoms with Crippen LogP contribution in [0.2, 0.25) is 0 Å². The zero-order valence-corrected chi connectivity index (χ0v) is 13.6. The van der Waals surface area contributed by atoms with Crippen LogP contribution in [0.1, 0.15) is 26.6 Å². The number of hydrogen-bond acceptors (Lipinski definition) is 4. The summed E-state index contributed by atoms with van der Waals surface area (Å²) in [6.45, 7) is 4.49. The van der Waals surface area contributed by atoms with Gasteiger partial charge in [-0.15, -0.1) is 11.3 Å². The lowest BCUT2D eigenvalue weighted by Gasteiger charge is -2.16. The molecule has 0 fully saturated rings. The lowest BCUT2D eigenvalue weighted by molar-refractivity contribution is 0.0786. The van der Waals surface area contributed by atoms with Crippen molar-refractivity contribution in [2.75, 3.05) is 7.05 Å². The summed E-state index contributed by atoms with van der Waals surface area (Å²) < 4.78 is 0. The molecule has 22 heavy (non-hydrogen) atoms. The van der Waals surface area contributed by atoms with Crippen molar-refractivity contribution < 1.29 is 4.79 Å². The molecule has 0 saturated heterocycles. The van der Waals surface area contributed by atoms with Crippen molar-refractivity contribution in [3.05, 3.63) is 57.5 Å². The van der Waals surface area contributed by atoms with Crippen LogP contribution in [0.25, 0.3) is 11.0 Å². The van der Waals surface area contributed by atoms with E-state index >= 15 is 0 Å². The largest absolute Gasteiger partial charge is 0.337 e. The molecule has 3 rings (SSSR count). The van der Waals surface area contributed by atoms with E-state index in [0.717, 1.165) is 22.4 Å². The highest BCUT2D eigenvalue weighted by molar-refractivity contribution is 7.09. The molecule has 0 aliphatic rings. The number of amides is 1. The molecule has 0 aliphatic carbocycles. The predicted octanol–water partition coefficient (Wildman–Crippen LogP) is 3.58. The van der Waals surface area contributed by atoms with Gasteiger partial charge in [0, 0.05) is 17.5 Å². The summed E-state index contributed by atoms with van der Waals surface area (Å²) in [5, 5.41) is 2.02. The van der Waals surface area contributed by atoms with Crippen LogP contribution in [0.5, 0.6) is 0 Å². The van der Waals surface area contributed by atoms with Crippen molar-refractivity contribution in [3.63, 3.8) is 0 Å². The molecule has 0 unspecified atom stereocenters. The summed E-state index contributed by atoms with van der Waals surface area (Å²) >= 11 is 1.65. The van der Waals surface area contributed by atoms with Crippen LogP contribution in [-0.2, 0) is 6.54 Å². The Bertz CT molecular complexity index is 827. The number of aryl methyl sites for hydroxylation is 2. The number of hydrogen-bond donors (Lipinski definition) is 0. The molecule has 2 aromatic heterocycles. The van der Waals surface area contributed by atoms with Crippen LogP contribution in [0.4, 0.5) is 0 Å². The van der Waals surface area contributed by atoms with Gasteiger partial charge in [0.1, 0.15) is 0 Å². The van der Waals surface area contributed by atoms with Gasteiger partial charge >= 0.3 is 0 Å². The molecule has 2 heterocycles. The quantitative estimate of drug-likeness (QED) is 0.742. The zero-order valence-electron chi connectivity index (χ0n) is 12.8. The number of rotatable bonds is 3. The van der Waals surface area contributed by atoms with Crippen LogP contribution in [-0.4, -0.2) is 27.8 Å². The van der Waals surface area contributed by atoms with Crippen molar-refractivity contribution in [1.29, 1.82) is 0 Å². The molecule has 1 amide bonds. The van der Waals surface area contributed by atoms with Crippen LogP contribution in [0.15, 0.2) is 35.7 Å². The van der Waals surface area contributed by atoms with Gasteiger partial charge in [-0.05, 0) is 43.5 Å². The predicted molar refractivity (Wildman–Crippen MR) is 89.1 cm³/mol. The summed E-state index contributed by atoms with van der Waals surface area (Å²) in [5.41, 5.74) is 4.04. The molecule has 5 heteroatoms. The van der Waals surface area contributed by atoms with Gasteiger partial charge in [-0.1, -0.05) is 6.07 Å². The van der Waals surface area contributed by atoms with Gasteiger partial charge < -0.3 is 4.90 Å². The summed E-state index contributed by atoms with van der Waals surface area (Å²) in [5.74, 6) is -0.00433. The van der Waals surface area contributed by atoms with Crippen LogP contribution in [0.3, 0.4) is 0 Å². The van der Waals surface area contributed by atoms with Gasteiger partial charge in [-0.2, -0.15) is 0 Å². The fraction of sp³-hybridized carbons (Fsp3) is 0.235. The van der Waals surface area contributed by atoms with Crippen molar-refractivity contribution in [2.24, 2.45) is 0 Å². The van der Waals surface area contributed by atoms with E-state index in [2.05, 4.69) is 9.97 Å². The van der Waals surface area contributed by atoms with E-state index < -0.39 is 0 Å². The number of fused-ring (bicyclic) bond motifs is 1. The first-order valence-corrected chi connectivity index (χ1v) is 7.95. The van der Waals surface area contributed by atoms with Crippen molar-refractivity contribution >= 4 is 28.3 Å². The number of aromatic nitrogens is 2. The highest BCUT2D eigenvalue weighted by Gasteiger charge is 2.14. The van der Waals surface area contributed by atoms with Crippen LogP contribution >= 0.6 is 11.3 Å². The lowest BCUT2D eigenvalue weighted by Crippen LogP contribution is -2.25. The summed E-state index contributed by atoms with van der Waals surface area (Å²) in [6.07, 6.45) is 0. The average Bonchev–Trinajstić information content (AvgIpc) is 3.00. The van der Waals surface area contributed by atoms with Crippen molar-refractivity contribution in [1.82, 2.24) is 14.9 Å². The Balaban J connectivity index is 1.89. The van der Waals surface area contributed by atoms with Gasteiger partial charge in [0.25, 0.3) is 5.91 Å². The topological polar surface area (TPSA) is 46.1 Å². The summed E-state index contributed by atoms with van der Waals surface area (Å²) in [6, 6.07) is 9.53. The number of nitrogens with zero attached hydrogens (tertiary/aromatic N) is 3. The zero-order chi connectivity index (χ0) is 15.7. The first kappa shape index (κ1) is 14.7. The highest BCUT2D eigenvalue weighted by atomic mass is 32.1. The van der Waals surface area contributed by atoms with Crippen molar-refractivity contribution in [3.8, 4) is 0 Å². The van der Waals surface area contributed by atoms with E-state index in [1.165, 1.54) is 4.88 Å². The molecule has 112 valence electrons. The van der Waals surface area contributed by atoms with Crippen molar-refractivity contribution in [2.45, 2.75) is 20.4 Å². The first-order valence-electron chi connectivity index (χ1n) is 7.07. The second kappa shape index (κ2) is 5.85. The molecule has 1 aromatic carbocycles. The smallest absolute Gasteiger partial charge is 0.254 e. The van der Waals surface area contributed by atoms with Gasteiger partial charge in [0.15, 0.2) is 0 Å². The Morgan fingerprint density at radius 2 is 1.86 bits per heavy atom. The van der Waals surface area contributed by atoms with Crippen LogP contribution < -0.4 is 0 Å². The number of carbonyl (C=O) groups excluding carboxylic acids is 1. The third kappa shape index (κ3) is 2.85. The Hall–Kier alpha value is -2.27. The minimum Gasteiger partial charge on any atom is -0.337 e. The van der Waals surface area contributed by atoms with Gasteiger partial charge in [-0.3, -0.25) is 4.79 Å². The Kier molecular flexibility index (Phi) is 3.90. The molecule has 3 aromatic rings. The highest BCUT2D eigenvalue weighted by Crippen LogP contribution is 2.17. The average molecular weight is 311 g/mol. The molecule has 0 N–H and O–H groups in total. The summed E-state index contributed by atoms with van der Waals surface area (Å²) in [4.78, 5) is 24.5. The lowest BCUT2D eigenvalue weighted by atomic mass is 10.1. The molecule has 0 saturated carbocycles. The molecule has 0 aliphatic heterocycles. The second-order valence-corrected chi connectivity index (χ2v) is 6.37. The van der Waals surface area contributed by atoms with E-state index in [-0.39, 0.29) is 5.91 Å². The molecular weight excluding hydrogens is 294 g/mol. The van der Waals surface area contributed by atoms with Gasteiger partial charge in [-0.25, -0.2) is 9.97 Å². The van der Waals surface area contributed by atoms with Gasteiger partial charge in [0.05, 0.1) is 29.0 Å². The second-order valence-electron chi connectivity index (χ2n) is 5.34. The van der Waals surface area contributed by atoms with Gasteiger partial charge in [0.2, 0.25) is 0 Å². The number of thiophene rings is 1. The molecule has 0 atom stereocenters. The normalized spacial score (nSPS) is 10.9. The van der Waals surface area contributed by atoms with E-state index in [1.54, 1.807) is 16.2 Å². The fourth-order valence-corrected chi connectivity index (χ4v) is 3.05. The SMILES string of the molecule is Cc1nc2ccc(C(=O)N(C)Cc3cccs3)cc2nc1C. The Morgan fingerprint density at radius 3 is 2.55 bits per heavy atom. The number of carbonyl (C=O) groups is 1. The molecule has 0 spiro atoms. The van der Waals surface area contributed by atoms with E-state index in [0.29, 0.717) is 12.1 Å². The minimum atomic E-state index is -0.00433. The van der Waals surface area contributed by atoms with E-state index in [9.17, 15) is 4.79 Å². The number of benzene rings is 1. The minimum absolute atomic E-state index is 0.00433. The van der Waals surface area contributed by atoms with Crippen LogP contribution in [0, 0.1) is 13.8 Å². The molecule has 0 bridgehead atoms. The van der Waals surface area contributed by atoms with E-state index in [4.69, 9.17) is 0 Å². The first-order chi connectivity index (χ1) is 10.5. The summed E-state index contributed by atoms with van der Waals surface area (Å²) in [7, 11) is 1.82. The fourth-order valence-electron chi connectivity index (χ4n) is 2.29. The molecular formula is C17H17N3OS. The third-order valence-corrected chi connectivity index (χ3v) is 4.50. The molecule has 0 radical (unpaired) electrons. The third-order valence-electron chi connectivity index (χ3n) is 3.64. The Morgan fingerprint density at radius 1 is 1.14 bits per heavy atom.